The van der Waals surface area contributed by atoms with Crippen LogP contribution in [0.3, 0.4) is 0 Å². The summed E-state index contributed by atoms with van der Waals surface area (Å²) < 4.78 is 0. The van der Waals surface area contributed by atoms with Crippen LogP contribution in [-0.2, 0) is 6.42 Å². The van der Waals surface area contributed by atoms with Crippen LogP contribution in [0.2, 0.25) is 0 Å². The monoisotopic (exact) mass is 187 g/mol. The van der Waals surface area contributed by atoms with Gasteiger partial charge in [0.25, 0.3) is 0 Å². The summed E-state index contributed by atoms with van der Waals surface area (Å²) in [7, 11) is 4.20. The number of fused-ring (bicyclic) bond motifs is 1. The van der Waals surface area contributed by atoms with Gasteiger partial charge in [-0.2, -0.15) is 0 Å². The molecule has 0 atom stereocenters. The van der Waals surface area contributed by atoms with Crippen LogP contribution in [-0.4, -0.2) is 30.5 Å². The highest BCUT2D eigenvalue weighted by Crippen LogP contribution is 2.17. The van der Waals surface area contributed by atoms with E-state index in [1.165, 1.54) is 16.5 Å². The lowest BCUT2D eigenvalue weighted by Gasteiger charge is -2.07. The van der Waals surface area contributed by atoms with Crippen molar-refractivity contribution in [2.75, 3.05) is 20.6 Å². The molecule has 2 heteroatoms. The Bertz CT molecular complexity index is 415. The van der Waals surface area contributed by atoms with Crippen molar-refractivity contribution in [3.8, 4) is 0 Å². The third-order valence-corrected chi connectivity index (χ3v) is 2.44. The van der Waals surface area contributed by atoms with Gasteiger partial charge < -0.3 is 9.88 Å². The fourth-order valence-electron chi connectivity index (χ4n) is 1.62. The van der Waals surface area contributed by atoms with Crippen molar-refractivity contribution in [1.29, 1.82) is 0 Å². The summed E-state index contributed by atoms with van der Waals surface area (Å²) in [6.07, 6.45) is 3.19. The summed E-state index contributed by atoms with van der Waals surface area (Å²) in [5, 5.41) is 1.30. The lowest BCUT2D eigenvalue weighted by Crippen LogP contribution is -2.14. The van der Waals surface area contributed by atoms with E-state index >= 15 is 0 Å². The zero-order chi connectivity index (χ0) is 9.97. The fraction of sp³-hybridized carbons (Fsp3) is 0.333. The normalized spacial score (nSPS) is 11.4. The highest BCUT2D eigenvalue weighted by molar-refractivity contribution is 5.82. The standard InChI is InChI=1S/C12H15N2/c1-14(2)8-7-10-9-13-12-6-4-3-5-11(10)12/h4-6,9,13H,7-8H2,1-2H3. The molecule has 0 spiro atoms. The van der Waals surface area contributed by atoms with E-state index in [4.69, 9.17) is 0 Å². The Kier molecular flexibility index (Phi) is 2.55. The Balaban J connectivity index is 2.25. The number of hydrogen-bond donors (Lipinski definition) is 1. The third-order valence-electron chi connectivity index (χ3n) is 2.44. The molecule has 0 saturated heterocycles. The zero-order valence-corrected chi connectivity index (χ0v) is 8.67. The molecule has 2 nitrogen and oxygen atoms in total. The number of aromatic amines is 1. The number of rotatable bonds is 3. The maximum absolute atomic E-state index is 3.27. The Labute approximate surface area is 84.5 Å². The van der Waals surface area contributed by atoms with Crippen LogP contribution in [0.1, 0.15) is 5.56 Å². The van der Waals surface area contributed by atoms with Crippen molar-refractivity contribution in [3.05, 3.63) is 36.0 Å². The van der Waals surface area contributed by atoms with Crippen molar-refractivity contribution in [3.63, 3.8) is 0 Å². The summed E-state index contributed by atoms with van der Waals surface area (Å²) in [5.74, 6) is 0. The molecule has 0 saturated carbocycles. The molecule has 2 rings (SSSR count). The smallest absolute Gasteiger partial charge is 0.0457 e. The topological polar surface area (TPSA) is 19.0 Å². The van der Waals surface area contributed by atoms with E-state index in [0.717, 1.165) is 13.0 Å². The molecule has 2 aromatic rings. The molecule has 14 heavy (non-hydrogen) atoms. The third kappa shape index (κ3) is 1.80. The van der Waals surface area contributed by atoms with E-state index in [0.29, 0.717) is 0 Å². The molecule has 1 N–H and O–H groups in total. The minimum atomic E-state index is 1.09. The summed E-state index contributed by atoms with van der Waals surface area (Å²) in [4.78, 5) is 5.47. The average Bonchev–Trinajstić information content (AvgIpc) is 2.58. The molecule has 1 heterocycles. The molecule has 0 aliphatic rings. The van der Waals surface area contributed by atoms with Crippen LogP contribution in [0, 0.1) is 6.07 Å². The van der Waals surface area contributed by atoms with Gasteiger partial charge in [-0.15, -0.1) is 0 Å². The Hall–Kier alpha value is -1.28. The average molecular weight is 187 g/mol. The van der Waals surface area contributed by atoms with E-state index in [-0.39, 0.29) is 0 Å². The first-order chi connectivity index (χ1) is 6.77. The number of aromatic nitrogens is 1. The summed E-state index contributed by atoms with van der Waals surface area (Å²) in [5.41, 5.74) is 2.59. The SMILES string of the molecule is CN(C)CCc1c[nH]c2cc[c]cc12. The number of hydrogen-bond acceptors (Lipinski definition) is 1. The lowest BCUT2D eigenvalue weighted by atomic mass is 10.1. The Morgan fingerprint density at radius 2 is 2.29 bits per heavy atom. The van der Waals surface area contributed by atoms with Crippen molar-refractivity contribution in [1.82, 2.24) is 9.88 Å². The predicted molar refractivity (Wildman–Crippen MR) is 59.4 cm³/mol. The molecule has 1 aromatic carbocycles. The predicted octanol–water partition coefficient (Wildman–Crippen LogP) is 2.07. The fourth-order valence-corrected chi connectivity index (χ4v) is 1.62. The Morgan fingerprint density at radius 1 is 1.43 bits per heavy atom. The van der Waals surface area contributed by atoms with Crippen molar-refractivity contribution in [2.24, 2.45) is 0 Å². The van der Waals surface area contributed by atoms with Gasteiger partial charge in [-0.3, -0.25) is 0 Å². The maximum atomic E-state index is 3.27. The minimum Gasteiger partial charge on any atom is -0.361 e. The quantitative estimate of drug-likeness (QED) is 0.779. The van der Waals surface area contributed by atoms with Gasteiger partial charge in [0.2, 0.25) is 0 Å². The molecule has 0 bridgehead atoms. The number of benzene rings is 1. The molecular weight excluding hydrogens is 172 g/mol. The highest BCUT2D eigenvalue weighted by atomic mass is 15.0. The van der Waals surface area contributed by atoms with Crippen LogP contribution >= 0.6 is 0 Å². The van der Waals surface area contributed by atoms with Gasteiger partial charge in [0.1, 0.15) is 0 Å². The molecule has 0 fully saturated rings. The first-order valence-corrected chi connectivity index (χ1v) is 4.88. The Morgan fingerprint density at radius 3 is 3.07 bits per heavy atom. The van der Waals surface area contributed by atoms with E-state index in [9.17, 15) is 0 Å². The lowest BCUT2D eigenvalue weighted by molar-refractivity contribution is 0.414. The van der Waals surface area contributed by atoms with Crippen LogP contribution in [0.25, 0.3) is 10.9 Å². The van der Waals surface area contributed by atoms with Crippen LogP contribution in [0.15, 0.2) is 24.4 Å². The number of nitrogens with zero attached hydrogens (tertiary/aromatic N) is 1. The van der Waals surface area contributed by atoms with E-state index in [2.05, 4.69) is 48.4 Å². The summed E-state index contributed by atoms with van der Waals surface area (Å²) in [6, 6.07) is 9.17. The molecular formula is C12H15N2. The van der Waals surface area contributed by atoms with E-state index in [1.54, 1.807) is 0 Å². The van der Waals surface area contributed by atoms with Crippen molar-refractivity contribution >= 4 is 10.9 Å². The van der Waals surface area contributed by atoms with Crippen LogP contribution in [0.4, 0.5) is 0 Å². The second-order valence-corrected chi connectivity index (χ2v) is 3.84. The molecule has 0 amide bonds. The van der Waals surface area contributed by atoms with E-state index < -0.39 is 0 Å². The molecule has 0 aliphatic heterocycles. The van der Waals surface area contributed by atoms with Gasteiger partial charge in [0.05, 0.1) is 0 Å². The van der Waals surface area contributed by atoms with Gasteiger partial charge in [0.15, 0.2) is 0 Å². The molecule has 73 valence electrons. The number of H-pyrrole nitrogens is 1. The highest BCUT2D eigenvalue weighted by Gasteiger charge is 2.02. The van der Waals surface area contributed by atoms with Crippen LogP contribution in [0.5, 0.6) is 0 Å². The van der Waals surface area contributed by atoms with Crippen LogP contribution < -0.4 is 0 Å². The van der Waals surface area contributed by atoms with Crippen molar-refractivity contribution < 1.29 is 0 Å². The second kappa shape index (κ2) is 3.84. The molecule has 0 unspecified atom stereocenters. The number of nitrogens with one attached hydrogen (secondary N) is 1. The molecule has 1 radical (unpaired) electrons. The van der Waals surface area contributed by atoms with Crippen molar-refractivity contribution in [2.45, 2.75) is 6.42 Å². The second-order valence-electron chi connectivity index (χ2n) is 3.84. The first-order valence-electron chi connectivity index (χ1n) is 4.88. The molecule has 0 aliphatic carbocycles. The van der Waals surface area contributed by atoms with E-state index in [1.807, 2.05) is 6.07 Å². The summed E-state index contributed by atoms with van der Waals surface area (Å²) >= 11 is 0. The molecule has 1 aromatic heterocycles. The number of likely N-dealkylation sites (N-methyl/N-ethyl adjacent to an activating group) is 1. The van der Waals surface area contributed by atoms with Gasteiger partial charge in [-0.05, 0) is 44.3 Å². The zero-order valence-electron chi connectivity index (χ0n) is 8.67. The van der Waals surface area contributed by atoms with Gasteiger partial charge in [0, 0.05) is 23.6 Å². The first kappa shape index (κ1) is 9.28. The largest absolute Gasteiger partial charge is 0.361 e. The van der Waals surface area contributed by atoms with Gasteiger partial charge in [-0.1, -0.05) is 6.07 Å². The van der Waals surface area contributed by atoms with Gasteiger partial charge >= 0.3 is 0 Å². The maximum Gasteiger partial charge on any atom is 0.0457 e. The summed E-state index contributed by atoms with van der Waals surface area (Å²) in [6.45, 7) is 1.09. The minimum absolute atomic E-state index is 1.09. The van der Waals surface area contributed by atoms with Gasteiger partial charge in [-0.25, -0.2) is 0 Å².